The Balaban J connectivity index is 4.35. The molecular weight excluding hydrogens is 238 g/mol. The van der Waals surface area contributed by atoms with Crippen LogP contribution in [0.3, 0.4) is 0 Å². The summed E-state index contributed by atoms with van der Waals surface area (Å²) in [5.41, 5.74) is 0. The fraction of sp³-hybridized carbons (Fsp3) is 0.727. The maximum absolute atomic E-state index is 11.7. The number of hydrogen-bond donors (Lipinski definition) is 2. The first-order valence-corrected chi connectivity index (χ1v) is 5.79. The number of likely N-dealkylation sites (N-methyl/N-ethyl adjacent to an activating group) is 1. The first-order chi connectivity index (χ1) is 8.29. The number of carboxylic acids is 1. The molecule has 18 heavy (non-hydrogen) atoms. The standard InChI is InChI=1S/C11H21N3O4/c1-5-13(4)9(15)6-12-11(18)14(8(2)3)7-10(16)17/h8H,5-7H2,1-4H3,(H,12,18)(H,16,17). The molecule has 7 heteroatoms. The van der Waals surface area contributed by atoms with E-state index < -0.39 is 12.0 Å². The predicted molar refractivity (Wildman–Crippen MR) is 66.2 cm³/mol. The molecule has 0 heterocycles. The summed E-state index contributed by atoms with van der Waals surface area (Å²) >= 11 is 0. The van der Waals surface area contributed by atoms with Crippen molar-refractivity contribution in [2.24, 2.45) is 0 Å². The van der Waals surface area contributed by atoms with Gasteiger partial charge in [0, 0.05) is 19.6 Å². The number of amides is 3. The SMILES string of the molecule is CCN(C)C(=O)CNC(=O)N(CC(=O)O)C(C)C. The molecule has 0 aliphatic heterocycles. The van der Waals surface area contributed by atoms with Gasteiger partial charge in [-0.2, -0.15) is 0 Å². The molecule has 0 saturated carbocycles. The maximum Gasteiger partial charge on any atom is 0.323 e. The minimum Gasteiger partial charge on any atom is -0.480 e. The van der Waals surface area contributed by atoms with Crippen molar-refractivity contribution in [3.05, 3.63) is 0 Å². The molecule has 0 saturated heterocycles. The highest BCUT2D eigenvalue weighted by atomic mass is 16.4. The van der Waals surface area contributed by atoms with E-state index in [1.165, 1.54) is 4.90 Å². The van der Waals surface area contributed by atoms with Crippen molar-refractivity contribution in [3.8, 4) is 0 Å². The Morgan fingerprint density at radius 1 is 1.28 bits per heavy atom. The van der Waals surface area contributed by atoms with E-state index in [0.717, 1.165) is 4.90 Å². The van der Waals surface area contributed by atoms with Gasteiger partial charge in [-0.3, -0.25) is 9.59 Å². The Morgan fingerprint density at radius 3 is 2.22 bits per heavy atom. The average molecular weight is 259 g/mol. The quantitative estimate of drug-likeness (QED) is 0.701. The van der Waals surface area contributed by atoms with Crippen LogP contribution in [0.25, 0.3) is 0 Å². The molecule has 0 radical (unpaired) electrons. The van der Waals surface area contributed by atoms with Crippen LogP contribution in [0.4, 0.5) is 4.79 Å². The molecule has 7 nitrogen and oxygen atoms in total. The molecular formula is C11H21N3O4. The summed E-state index contributed by atoms with van der Waals surface area (Å²) in [6, 6.07) is -0.801. The lowest BCUT2D eigenvalue weighted by Gasteiger charge is -2.25. The van der Waals surface area contributed by atoms with Crippen LogP contribution in [0.5, 0.6) is 0 Å². The van der Waals surface area contributed by atoms with Gasteiger partial charge in [0.05, 0.1) is 6.54 Å². The Hall–Kier alpha value is -1.79. The topological polar surface area (TPSA) is 90.0 Å². The molecule has 0 aliphatic carbocycles. The highest BCUT2D eigenvalue weighted by Gasteiger charge is 2.20. The van der Waals surface area contributed by atoms with Gasteiger partial charge in [0.25, 0.3) is 0 Å². The third kappa shape index (κ3) is 5.51. The van der Waals surface area contributed by atoms with E-state index in [1.54, 1.807) is 20.9 Å². The summed E-state index contributed by atoms with van der Waals surface area (Å²) in [6.07, 6.45) is 0. The Bertz CT molecular complexity index is 317. The molecule has 0 unspecified atom stereocenters. The highest BCUT2D eigenvalue weighted by Crippen LogP contribution is 1.98. The van der Waals surface area contributed by atoms with Crippen LogP contribution in [0, 0.1) is 0 Å². The largest absolute Gasteiger partial charge is 0.480 e. The van der Waals surface area contributed by atoms with E-state index in [-0.39, 0.29) is 25.0 Å². The minimum atomic E-state index is -1.09. The zero-order valence-electron chi connectivity index (χ0n) is 11.3. The van der Waals surface area contributed by atoms with E-state index in [1.807, 2.05) is 6.92 Å². The summed E-state index contributed by atoms with van der Waals surface area (Å²) in [6.45, 7) is 5.28. The number of hydrogen-bond acceptors (Lipinski definition) is 3. The molecule has 104 valence electrons. The molecule has 2 N–H and O–H groups in total. The van der Waals surface area contributed by atoms with Gasteiger partial charge in [-0.05, 0) is 20.8 Å². The van der Waals surface area contributed by atoms with Gasteiger partial charge in [0.15, 0.2) is 0 Å². The lowest BCUT2D eigenvalue weighted by Crippen LogP contribution is -2.49. The molecule has 3 amide bonds. The molecule has 0 fully saturated rings. The first kappa shape index (κ1) is 16.2. The molecule has 0 spiro atoms. The number of aliphatic carboxylic acids is 1. The Labute approximate surface area is 107 Å². The number of carbonyl (C=O) groups excluding carboxylic acids is 2. The third-order valence-corrected chi connectivity index (χ3v) is 2.48. The normalized spacial score (nSPS) is 10.1. The molecule has 0 bridgehead atoms. The number of rotatable bonds is 6. The number of carboxylic acid groups (broad SMARTS) is 1. The van der Waals surface area contributed by atoms with Gasteiger partial charge in [0.2, 0.25) is 5.91 Å². The second-order valence-electron chi connectivity index (χ2n) is 4.18. The second kappa shape index (κ2) is 7.52. The van der Waals surface area contributed by atoms with Gasteiger partial charge >= 0.3 is 12.0 Å². The van der Waals surface area contributed by atoms with E-state index >= 15 is 0 Å². The molecule has 0 aromatic carbocycles. The zero-order chi connectivity index (χ0) is 14.3. The lowest BCUT2D eigenvalue weighted by molar-refractivity contribution is -0.138. The van der Waals surface area contributed by atoms with Gasteiger partial charge in [-0.15, -0.1) is 0 Å². The van der Waals surface area contributed by atoms with Crippen molar-refractivity contribution in [2.75, 3.05) is 26.7 Å². The number of nitrogens with one attached hydrogen (secondary N) is 1. The molecule has 0 rings (SSSR count). The van der Waals surface area contributed by atoms with Gasteiger partial charge in [-0.1, -0.05) is 0 Å². The van der Waals surface area contributed by atoms with E-state index in [9.17, 15) is 14.4 Å². The summed E-state index contributed by atoms with van der Waals surface area (Å²) in [5, 5.41) is 11.1. The fourth-order valence-electron chi connectivity index (χ4n) is 1.20. The van der Waals surface area contributed by atoms with E-state index in [0.29, 0.717) is 6.54 Å². The van der Waals surface area contributed by atoms with Crippen LogP contribution in [0.15, 0.2) is 0 Å². The minimum absolute atomic E-state index is 0.133. The van der Waals surface area contributed by atoms with Crippen LogP contribution < -0.4 is 5.32 Å². The van der Waals surface area contributed by atoms with Gasteiger partial charge in [-0.25, -0.2) is 4.79 Å². The van der Waals surface area contributed by atoms with Crippen molar-refractivity contribution >= 4 is 17.9 Å². The summed E-state index contributed by atoms with van der Waals surface area (Å²) < 4.78 is 0. The summed E-state index contributed by atoms with van der Waals surface area (Å²) in [4.78, 5) is 36.4. The summed E-state index contributed by atoms with van der Waals surface area (Å²) in [7, 11) is 1.63. The van der Waals surface area contributed by atoms with Crippen LogP contribution in [-0.2, 0) is 9.59 Å². The van der Waals surface area contributed by atoms with Crippen molar-refractivity contribution < 1.29 is 19.5 Å². The van der Waals surface area contributed by atoms with Crippen molar-refractivity contribution in [1.29, 1.82) is 0 Å². The van der Waals surface area contributed by atoms with Gasteiger partial charge < -0.3 is 20.2 Å². The van der Waals surface area contributed by atoms with Crippen molar-refractivity contribution in [2.45, 2.75) is 26.8 Å². The lowest BCUT2D eigenvalue weighted by atomic mass is 10.3. The maximum atomic E-state index is 11.7. The predicted octanol–water partition coefficient (Wildman–Crippen LogP) is -0.0307. The Kier molecular flexibility index (Phi) is 6.77. The fourth-order valence-corrected chi connectivity index (χ4v) is 1.20. The second-order valence-corrected chi connectivity index (χ2v) is 4.18. The zero-order valence-corrected chi connectivity index (χ0v) is 11.3. The Morgan fingerprint density at radius 2 is 1.83 bits per heavy atom. The van der Waals surface area contributed by atoms with Crippen molar-refractivity contribution in [3.63, 3.8) is 0 Å². The number of nitrogens with zero attached hydrogens (tertiary/aromatic N) is 2. The van der Waals surface area contributed by atoms with Crippen LogP contribution >= 0.6 is 0 Å². The van der Waals surface area contributed by atoms with Crippen LogP contribution in [0.1, 0.15) is 20.8 Å². The molecule has 0 atom stereocenters. The average Bonchev–Trinajstić information content (AvgIpc) is 2.30. The van der Waals surface area contributed by atoms with E-state index in [2.05, 4.69) is 5.32 Å². The number of urea groups is 1. The van der Waals surface area contributed by atoms with Gasteiger partial charge in [0.1, 0.15) is 6.54 Å². The molecule has 0 aromatic heterocycles. The monoisotopic (exact) mass is 259 g/mol. The molecule has 0 aromatic rings. The van der Waals surface area contributed by atoms with Crippen molar-refractivity contribution in [1.82, 2.24) is 15.1 Å². The smallest absolute Gasteiger partial charge is 0.323 e. The third-order valence-electron chi connectivity index (χ3n) is 2.48. The van der Waals surface area contributed by atoms with E-state index in [4.69, 9.17) is 5.11 Å². The van der Waals surface area contributed by atoms with Crippen LogP contribution in [0.2, 0.25) is 0 Å². The van der Waals surface area contributed by atoms with Crippen LogP contribution in [-0.4, -0.2) is 65.5 Å². The first-order valence-electron chi connectivity index (χ1n) is 5.79. The number of carbonyl (C=O) groups is 3. The summed E-state index contributed by atoms with van der Waals surface area (Å²) in [5.74, 6) is -1.30. The highest BCUT2D eigenvalue weighted by molar-refractivity contribution is 5.85. The molecule has 0 aliphatic rings.